The van der Waals surface area contributed by atoms with Crippen LogP contribution in [-0.4, -0.2) is 9.38 Å². The fraction of sp³-hybridized carbons (Fsp3) is 0.222. The average molecular weight is 180 g/mol. The average Bonchev–Trinajstić information content (AvgIpc) is 2.27. The second-order valence-electron chi connectivity index (χ2n) is 3.15. The minimum atomic E-state index is -0.443. The number of nitrogens with one attached hydrogen (secondary N) is 1. The molecular formula is C9H9FN2O. The molecule has 0 aliphatic carbocycles. The lowest BCUT2D eigenvalue weighted by atomic mass is 10.3. The summed E-state index contributed by atoms with van der Waals surface area (Å²) in [6, 6.07) is 0. The summed E-state index contributed by atoms with van der Waals surface area (Å²) >= 11 is 0. The number of aryl methyl sites for hydroxylation is 2. The van der Waals surface area contributed by atoms with Crippen LogP contribution in [0, 0.1) is 19.7 Å². The van der Waals surface area contributed by atoms with Crippen molar-refractivity contribution in [1.29, 1.82) is 0 Å². The SMILES string of the molecule is Cc1cn2cc(C)c(F)c2c(=O)[nH]1. The summed E-state index contributed by atoms with van der Waals surface area (Å²) in [5.41, 5.74) is 0.900. The highest BCUT2D eigenvalue weighted by atomic mass is 19.1. The Kier molecular flexibility index (Phi) is 1.52. The molecule has 0 aliphatic heterocycles. The van der Waals surface area contributed by atoms with Gasteiger partial charge in [0.1, 0.15) is 5.52 Å². The summed E-state index contributed by atoms with van der Waals surface area (Å²) in [5.74, 6) is -0.443. The lowest BCUT2D eigenvalue weighted by Crippen LogP contribution is -2.11. The van der Waals surface area contributed by atoms with Crippen molar-refractivity contribution in [3.63, 3.8) is 0 Å². The molecule has 0 unspecified atom stereocenters. The van der Waals surface area contributed by atoms with Crippen molar-refractivity contribution >= 4 is 5.52 Å². The first kappa shape index (κ1) is 8.04. The molecule has 0 fully saturated rings. The van der Waals surface area contributed by atoms with E-state index in [0.717, 1.165) is 0 Å². The highest BCUT2D eigenvalue weighted by Gasteiger charge is 2.09. The number of aromatic amines is 1. The fourth-order valence-corrected chi connectivity index (χ4v) is 1.43. The molecule has 0 aromatic carbocycles. The van der Waals surface area contributed by atoms with E-state index in [4.69, 9.17) is 0 Å². The van der Waals surface area contributed by atoms with Gasteiger partial charge in [0.05, 0.1) is 0 Å². The number of halogens is 1. The Balaban J connectivity index is 3.03. The third-order valence-corrected chi connectivity index (χ3v) is 2.00. The number of fused-ring (bicyclic) bond motifs is 1. The van der Waals surface area contributed by atoms with Crippen LogP contribution in [0.15, 0.2) is 17.2 Å². The normalized spacial score (nSPS) is 11.0. The van der Waals surface area contributed by atoms with Crippen molar-refractivity contribution in [2.24, 2.45) is 0 Å². The van der Waals surface area contributed by atoms with Gasteiger partial charge >= 0.3 is 0 Å². The standard InChI is InChI=1S/C9H9FN2O/c1-5-3-12-4-6(2)11-9(13)8(12)7(5)10/h3-4H,1-2H3,(H,11,13). The summed E-state index contributed by atoms with van der Waals surface area (Å²) in [7, 11) is 0. The molecule has 2 aromatic heterocycles. The number of hydrogen-bond donors (Lipinski definition) is 1. The van der Waals surface area contributed by atoms with Crippen LogP contribution in [0.5, 0.6) is 0 Å². The van der Waals surface area contributed by atoms with Gasteiger partial charge in [0.25, 0.3) is 5.56 Å². The second kappa shape index (κ2) is 2.45. The fourth-order valence-electron chi connectivity index (χ4n) is 1.43. The lowest BCUT2D eigenvalue weighted by molar-refractivity contribution is 0.631. The van der Waals surface area contributed by atoms with Crippen LogP contribution in [0.2, 0.25) is 0 Å². The maximum Gasteiger partial charge on any atom is 0.275 e. The van der Waals surface area contributed by atoms with Gasteiger partial charge in [-0.1, -0.05) is 0 Å². The van der Waals surface area contributed by atoms with Crippen LogP contribution >= 0.6 is 0 Å². The third kappa shape index (κ3) is 1.06. The summed E-state index contributed by atoms with van der Waals surface area (Å²) < 4.78 is 14.8. The molecule has 2 heterocycles. The molecule has 0 spiro atoms. The third-order valence-electron chi connectivity index (χ3n) is 2.00. The van der Waals surface area contributed by atoms with Gasteiger partial charge in [-0.05, 0) is 13.8 Å². The summed E-state index contributed by atoms with van der Waals surface area (Å²) in [4.78, 5) is 13.9. The Morgan fingerprint density at radius 2 is 2.08 bits per heavy atom. The molecular weight excluding hydrogens is 171 g/mol. The van der Waals surface area contributed by atoms with Gasteiger partial charge in [0, 0.05) is 23.7 Å². The van der Waals surface area contributed by atoms with E-state index in [2.05, 4.69) is 4.98 Å². The minimum absolute atomic E-state index is 0.0862. The van der Waals surface area contributed by atoms with Crippen LogP contribution in [0.25, 0.3) is 5.52 Å². The number of nitrogens with zero attached hydrogens (tertiary/aromatic N) is 1. The van der Waals surface area contributed by atoms with Gasteiger partial charge < -0.3 is 9.38 Å². The van der Waals surface area contributed by atoms with Crippen LogP contribution in [0.4, 0.5) is 4.39 Å². The number of aromatic nitrogens is 2. The van der Waals surface area contributed by atoms with Crippen LogP contribution in [0.3, 0.4) is 0 Å². The Labute approximate surface area is 73.8 Å². The van der Waals surface area contributed by atoms with Crippen molar-refractivity contribution < 1.29 is 4.39 Å². The zero-order valence-corrected chi connectivity index (χ0v) is 7.39. The molecule has 0 amide bonds. The Morgan fingerprint density at radius 1 is 1.38 bits per heavy atom. The van der Waals surface area contributed by atoms with Crippen LogP contribution < -0.4 is 5.56 Å². The van der Waals surface area contributed by atoms with Crippen molar-refractivity contribution in [3.8, 4) is 0 Å². The topological polar surface area (TPSA) is 37.3 Å². The maximum absolute atomic E-state index is 13.3. The lowest BCUT2D eigenvalue weighted by Gasteiger charge is -1.95. The van der Waals surface area contributed by atoms with Crippen molar-refractivity contribution in [2.75, 3.05) is 0 Å². The molecule has 0 bridgehead atoms. The predicted molar refractivity (Wildman–Crippen MR) is 47.4 cm³/mol. The van der Waals surface area contributed by atoms with Crippen molar-refractivity contribution in [2.45, 2.75) is 13.8 Å². The van der Waals surface area contributed by atoms with Crippen molar-refractivity contribution in [3.05, 3.63) is 39.8 Å². The smallest absolute Gasteiger partial charge is 0.275 e. The van der Waals surface area contributed by atoms with Gasteiger partial charge in [-0.15, -0.1) is 0 Å². The van der Waals surface area contributed by atoms with E-state index in [0.29, 0.717) is 11.3 Å². The van der Waals surface area contributed by atoms with E-state index in [9.17, 15) is 9.18 Å². The molecule has 4 heteroatoms. The summed E-state index contributed by atoms with van der Waals surface area (Å²) in [5, 5.41) is 0. The molecule has 2 aromatic rings. The first-order valence-electron chi connectivity index (χ1n) is 3.96. The van der Waals surface area contributed by atoms with Gasteiger partial charge in [0.2, 0.25) is 0 Å². The Morgan fingerprint density at radius 3 is 2.77 bits per heavy atom. The Bertz CT molecular complexity index is 524. The van der Waals surface area contributed by atoms with E-state index < -0.39 is 5.82 Å². The highest BCUT2D eigenvalue weighted by Crippen LogP contribution is 2.11. The molecule has 3 nitrogen and oxygen atoms in total. The van der Waals surface area contributed by atoms with Crippen LogP contribution in [-0.2, 0) is 0 Å². The number of H-pyrrole nitrogens is 1. The molecule has 0 saturated heterocycles. The van der Waals surface area contributed by atoms with E-state index in [1.807, 2.05) is 0 Å². The van der Waals surface area contributed by atoms with Gasteiger partial charge in [-0.25, -0.2) is 4.39 Å². The zero-order valence-electron chi connectivity index (χ0n) is 7.39. The summed E-state index contributed by atoms with van der Waals surface area (Å²) in [6.45, 7) is 3.39. The molecule has 0 radical (unpaired) electrons. The zero-order chi connectivity index (χ0) is 9.59. The molecule has 13 heavy (non-hydrogen) atoms. The largest absolute Gasteiger partial charge is 0.323 e. The van der Waals surface area contributed by atoms with Gasteiger partial charge in [-0.2, -0.15) is 0 Å². The molecule has 0 atom stereocenters. The first-order valence-corrected chi connectivity index (χ1v) is 3.96. The first-order chi connectivity index (χ1) is 6.09. The van der Waals surface area contributed by atoms with Crippen LogP contribution in [0.1, 0.15) is 11.3 Å². The van der Waals surface area contributed by atoms with Gasteiger partial charge in [-0.3, -0.25) is 4.79 Å². The monoisotopic (exact) mass is 180 g/mol. The van der Waals surface area contributed by atoms with Crippen molar-refractivity contribution in [1.82, 2.24) is 9.38 Å². The molecule has 0 aliphatic rings. The molecule has 68 valence electrons. The Hall–Kier alpha value is -1.58. The predicted octanol–water partition coefficient (Wildman–Crippen LogP) is 1.38. The molecule has 2 rings (SSSR count). The second-order valence-corrected chi connectivity index (χ2v) is 3.15. The van der Waals surface area contributed by atoms with E-state index in [1.165, 1.54) is 4.40 Å². The van der Waals surface area contributed by atoms with E-state index in [1.54, 1.807) is 26.2 Å². The minimum Gasteiger partial charge on any atom is -0.323 e. The number of rotatable bonds is 0. The quantitative estimate of drug-likeness (QED) is 0.653. The maximum atomic E-state index is 13.3. The summed E-state index contributed by atoms with van der Waals surface area (Å²) in [6.07, 6.45) is 3.29. The van der Waals surface area contributed by atoms with Gasteiger partial charge in [0.15, 0.2) is 5.82 Å². The molecule has 1 N–H and O–H groups in total. The van der Waals surface area contributed by atoms with E-state index in [-0.39, 0.29) is 11.1 Å². The highest BCUT2D eigenvalue weighted by molar-refractivity contribution is 5.50. The number of hydrogen-bond acceptors (Lipinski definition) is 1. The van der Waals surface area contributed by atoms with E-state index >= 15 is 0 Å². The molecule has 0 saturated carbocycles.